The van der Waals surface area contributed by atoms with Gasteiger partial charge in [0, 0.05) is 16.7 Å². The smallest absolute Gasteiger partial charge is 0.196 e. The maximum absolute atomic E-state index is 12.4. The standard InChI is InChI=1S/C20H14O3/c21-18-13-16(19(22)14-7-3-1-4-8-14)11-12-17(18)20(23)15-9-5-2-6-10-15/h1-13,21H. The topological polar surface area (TPSA) is 54.4 Å². The molecule has 0 aromatic heterocycles. The summed E-state index contributed by atoms with van der Waals surface area (Å²) < 4.78 is 0. The van der Waals surface area contributed by atoms with Crippen LogP contribution < -0.4 is 0 Å². The fourth-order valence-corrected chi connectivity index (χ4v) is 2.37. The highest BCUT2D eigenvalue weighted by Gasteiger charge is 2.16. The fourth-order valence-electron chi connectivity index (χ4n) is 2.37. The SMILES string of the molecule is O=C(c1ccccc1)c1ccc(C(=O)c2ccccc2)c(O)c1. The lowest BCUT2D eigenvalue weighted by molar-refractivity contribution is 0.102. The highest BCUT2D eigenvalue weighted by atomic mass is 16.3. The maximum atomic E-state index is 12.4. The summed E-state index contributed by atoms with van der Waals surface area (Å²) >= 11 is 0. The molecule has 23 heavy (non-hydrogen) atoms. The molecule has 0 heterocycles. The molecule has 0 saturated carbocycles. The van der Waals surface area contributed by atoms with E-state index in [1.807, 2.05) is 12.1 Å². The Morgan fingerprint density at radius 1 is 0.609 bits per heavy atom. The summed E-state index contributed by atoms with van der Waals surface area (Å²) in [4.78, 5) is 24.7. The van der Waals surface area contributed by atoms with E-state index in [0.29, 0.717) is 16.7 Å². The number of rotatable bonds is 4. The lowest BCUT2D eigenvalue weighted by atomic mass is 9.98. The third-order valence-corrected chi connectivity index (χ3v) is 3.58. The molecule has 1 N–H and O–H groups in total. The summed E-state index contributed by atoms with van der Waals surface area (Å²) in [5.74, 6) is -0.665. The van der Waals surface area contributed by atoms with Crippen LogP contribution in [0.15, 0.2) is 78.9 Å². The lowest BCUT2D eigenvalue weighted by Crippen LogP contribution is -2.05. The Balaban J connectivity index is 1.93. The fraction of sp³-hybridized carbons (Fsp3) is 0. The summed E-state index contributed by atoms with van der Waals surface area (Å²) in [5, 5.41) is 10.1. The van der Waals surface area contributed by atoms with Gasteiger partial charge in [0.1, 0.15) is 5.75 Å². The second kappa shape index (κ2) is 6.28. The molecule has 0 aliphatic rings. The zero-order valence-electron chi connectivity index (χ0n) is 12.3. The van der Waals surface area contributed by atoms with Gasteiger partial charge in [0.25, 0.3) is 0 Å². The third-order valence-electron chi connectivity index (χ3n) is 3.58. The van der Waals surface area contributed by atoms with Gasteiger partial charge in [0.05, 0.1) is 5.56 Å². The minimum Gasteiger partial charge on any atom is -0.507 e. The van der Waals surface area contributed by atoms with Gasteiger partial charge in [-0.15, -0.1) is 0 Å². The van der Waals surface area contributed by atoms with E-state index in [9.17, 15) is 14.7 Å². The van der Waals surface area contributed by atoms with Crippen molar-refractivity contribution in [3.8, 4) is 5.75 Å². The van der Waals surface area contributed by atoms with E-state index in [1.54, 1.807) is 54.6 Å². The van der Waals surface area contributed by atoms with Crippen molar-refractivity contribution in [1.82, 2.24) is 0 Å². The third kappa shape index (κ3) is 3.04. The Labute approximate surface area is 133 Å². The highest BCUT2D eigenvalue weighted by molar-refractivity contribution is 6.13. The van der Waals surface area contributed by atoms with Crippen molar-refractivity contribution in [3.05, 3.63) is 101 Å². The van der Waals surface area contributed by atoms with Gasteiger partial charge in [-0.2, -0.15) is 0 Å². The molecule has 3 nitrogen and oxygen atoms in total. The van der Waals surface area contributed by atoms with E-state index >= 15 is 0 Å². The molecule has 3 rings (SSSR count). The highest BCUT2D eigenvalue weighted by Crippen LogP contribution is 2.23. The van der Waals surface area contributed by atoms with E-state index in [4.69, 9.17) is 0 Å². The minimum absolute atomic E-state index is 0.181. The van der Waals surface area contributed by atoms with Gasteiger partial charge < -0.3 is 5.11 Å². The number of hydrogen-bond donors (Lipinski definition) is 1. The van der Waals surface area contributed by atoms with Crippen LogP contribution in [0.1, 0.15) is 31.8 Å². The van der Waals surface area contributed by atoms with Crippen LogP contribution in [0.4, 0.5) is 0 Å². The molecule has 0 aliphatic heterocycles. The predicted octanol–water partition coefficient (Wildman–Crippen LogP) is 3.85. The number of phenols is 1. The van der Waals surface area contributed by atoms with Crippen LogP contribution in [-0.4, -0.2) is 16.7 Å². The van der Waals surface area contributed by atoms with Crippen LogP contribution in [0.25, 0.3) is 0 Å². The van der Waals surface area contributed by atoms with E-state index in [2.05, 4.69) is 0 Å². The average Bonchev–Trinajstić information content (AvgIpc) is 2.62. The van der Waals surface area contributed by atoms with Crippen molar-refractivity contribution < 1.29 is 14.7 Å². The van der Waals surface area contributed by atoms with Gasteiger partial charge in [-0.05, 0) is 12.1 Å². The summed E-state index contributed by atoms with van der Waals surface area (Å²) in [6, 6.07) is 21.9. The Bertz CT molecular complexity index is 853. The Morgan fingerprint density at radius 2 is 1.13 bits per heavy atom. The lowest BCUT2D eigenvalue weighted by Gasteiger charge is -2.07. The first-order valence-corrected chi connectivity index (χ1v) is 7.19. The zero-order valence-corrected chi connectivity index (χ0v) is 12.3. The van der Waals surface area contributed by atoms with Crippen LogP contribution in [0.5, 0.6) is 5.75 Å². The molecule has 3 aromatic carbocycles. The number of phenolic OH excluding ortho intramolecular Hbond substituents is 1. The molecule has 0 radical (unpaired) electrons. The van der Waals surface area contributed by atoms with Crippen LogP contribution in [0.3, 0.4) is 0 Å². The van der Waals surface area contributed by atoms with Gasteiger partial charge in [-0.25, -0.2) is 0 Å². The van der Waals surface area contributed by atoms with Crippen LogP contribution in [-0.2, 0) is 0 Å². The first-order valence-electron chi connectivity index (χ1n) is 7.19. The quantitative estimate of drug-likeness (QED) is 0.745. The molecule has 0 fully saturated rings. The number of carbonyl (C=O) groups is 2. The average molecular weight is 302 g/mol. The van der Waals surface area contributed by atoms with Crippen LogP contribution in [0, 0.1) is 0 Å². The zero-order chi connectivity index (χ0) is 16.2. The van der Waals surface area contributed by atoms with Gasteiger partial charge in [0.15, 0.2) is 11.6 Å². The van der Waals surface area contributed by atoms with Gasteiger partial charge >= 0.3 is 0 Å². The van der Waals surface area contributed by atoms with Crippen molar-refractivity contribution in [3.63, 3.8) is 0 Å². The molecule has 0 atom stereocenters. The molecule has 0 spiro atoms. The minimum atomic E-state index is -0.276. The molecule has 3 aromatic rings. The molecule has 0 saturated heterocycles. The summed E-state index contributed by atoms with van der Waals surface area (Å²) in [7, 11) is 0. The first-order chi connectivity index (χ1) is 11.2. The Kier molecular flexibility index (Phi) is 4.02. The number of benzene rings is 3. The molecule has 0 aliphatic carbocycles. The Hall–Kier alpha value is -3.20. The van der Waals surface area contributed by atoms with Gasteiger partial charge in [-0.3, -0.25) is 9.59 Å². The van der Waals surface area contributed by atoms with Crippen molar-refractivity contribution in [1.29, 1.82) is 0 Å². The summed E-state index contributed by atoms with van der Waals surface area (Å²) in [5.41, 5.74) is 1.55. The van der Waals surface area contributed by atoms with Crippen LogP contribution in [0.2, 0.25) is 0 Å². The van der Waals surface area contributed by atoms with Crippen molar-refractivity contribution >= 4 is 11.6 Å². The molecule has 0 amide bonds. The molecule has 0 unspecified atom stereocenters. The first kappa shape index (κ1) is 14.7. The Morgan fingerprint density at radius 3 is 1.65 bits per heavy atom. The largest absolute Gasteiger partial charge is 0.507 e. The maximum Gasteiger partial charge on any atom is 0.196 e. The van der Waals surface area contributed by atoms with Gasteiger partial charge in [-0.1, -0.05) is 66.7 Å². The van der Waals surface area contributed by atoms with E-state index in [-0.39, 0.29) is 22.9 Å². The van der Waals surface area contributed by atoms with Crippen molar-refractivity contribution in [2.45, 2.75) is 0 Å². The van der Waals surface area contributed by atoms with Crippen LogP contribution >= 0.6 is 0 Å². The summed E-state index contributed by atoms with van der Waals surface area (Å²) in [6.45, 7) is 0. The van der Waals surface area contributed by atoms with Crippen molar-refractivity contribution in [2.24, 2.45) is 0 Å². The number of hydrogen-bond acceptors (Lipinski definition) is 3. The van der Waals surface area contributed by atoms with Crippen molar-refractivity contribution in [2.75, 3.05) is 0 Å². The molecular weight excluding hydrogens is 288 g/mol. The van der Waals surface area contributed by atoms with E-state index in [1.165, 1.54) is 12.1 Å². The number of aromatic hydroxyl groups is 1. The normalized spacial score (nSPS) is 10.3. The molecule has 3 heteroatoms. The predicted molar refractivity (Wildman–Crippen MR) is 87.9 cm³/mol. The monoisotopic (exact) mass is 302 g/mol. The van der Waals surface area contributed by atoms with Gasteiger partial charge in [0.2, 0.25) is 0 Å². The second-order valence-corrected chi connectivity index (χ2v) is 5.12. The van der Waals surface area contributed by atoms with E-state index < -0.39 is 0 Å². The molecule has 0 bridgehead atoms. The molecule has 112 valence electrons. The number of ketones is 2. The summed E-state index contributed by atoms with van der Waals surface area (Å²) in [6.07, 6.45) is 0. The molecular formula is C20H14O3. The van der Waals surface area contributed by atoms with E-state index in [0.717, 1.165) is 0 Å². The number of carbonyl (C=O) groups excluding carboxylic acids is 2. The second-order valence-electron chi connectivity index (χ2n) is 5.12.